The lowest BCUT2D eigenvalue weighted by molar-refractivity contribution is 0.474. The van der Waals surface area contributed by atoms with Crippen molar-refractivity contribution in [2.75, 3.05) is 42.6 Å². The van der Waals surface area contributed by atoms with Gasteiger partial charge in [-0.1, -0.05) is 0 Å². The van der Waals surface area contributed by atoms with Gasteiger partial charge in [-0.15, -0.1) is 10.2 Å². The molecule has 5 nitrogen and oxygen atoms in total. The van der Waals surface area contributed by atoms with E-state index in [0.29, 0.717) is 0 Å². The van der Waals surface area contributed by atoms with Crippen LogP contribution in [0.1, 0.15) is 18.7 Å². The lowest BCUT2D eigenvalue weighted by Crippen LogP contribution is -2.43. The van der Waals surface area contributed by atoms with Gasteiger partial charge >= 0.3 is 0 Å². The zero-order valence-electron chi connectivity index (χ0n) is 12.9. The second kappa shape index (κ2) is 6.46. The first-order chi connectivity index (χ1) is 10.9. The maximum Gasteiger partial charge on any atom is 0.162 e. The Balaban J connectivity index is 1.54. The van der Waals surface area contributed by atoms with Crippen molar-refractivity contribution < 1.29 is 0 Å². The van der Waals surface area contributed by atoms with Crippen LogP contribution in [0.2, 0.25) is 0 Å². The number of rotatable bonds is 3. The number of fused-ring (bicyclic) bond motifs is 1. The van der Waals surface area contributed by atoms with Gasteiger partial charge in [0.15, 0.2) is 5.65 Å². The van der Waals surface area contributed by atoms with Crippen molar-refractivity contribution >= 4 is 23.1 Å². The van der Waals surface area contributed by atoms with E-state index in [1.165, 1.54) is 30.0 Å². The fraction of sp³-hybridized carbons (Fsp3) is 0.625. The predicted molar refractivity (Wildman–Crippen MR) is 91.8 cm³/mol. The molecule has 22 heavy (non-hydrogen) atoms. The number of anilines is 1. The van der Waals surface area contributed by atoms with Gasteiger partial charge in [-0.05, 0) is 36.3 Å². The first-order valence-electron chi connectivity index (χ1n) is 8.27. The van der Waals surface area contributed by atoms with E-state index in [9.17, 15) is 0 Å². The number of thioether (sulfide) groups is 1. The van der Waals surface area contributed by atoms with Crippen LogP contribution in [0.4, 0.5) is 5.69 Å². The molecule has 0 saturated carbocycles. The molecule has 2 saturated heterocycles. The number of nitrogens with zero attached hydrogens (tertiary/aromatic N) is 4. The highest BCUT2D eigenvalue weighted by molar-refractivity contribution is 7.99. The van der Waals surface area contributed by atoms with E-state index in [1.54, 1.807) is 0 Å². The van der Waals surface area contributed by atoms with E-state index in [1.807, 2.05) is 0 Å². The van der Waals surface area contributed by atoms with Crippen LogP contribution in [-0.2, 0) is 6.42 Å². The Morgan fingerprint density at radius 3 is 2.82 bits per heavy atom. The third-order valence-corrected chi connectivity index (χ3v) is 5.81. The first kappa shape index (κ1) is 14.3. The summed E-state index contributed by atoms with van der Waals surface area (Å²) in [6.07, 6.45) is 5.85. The molecule has 2 aromatic rings. The molecule has 6 heteroatoms. The van der Waals surface area contributed by atoms with Crippen molar-refractivity contribution in [1.82, 2.24) is 19.9 Å². The quantitative estimate of drug-likeness (QED) is 0.936. The maximum atomic E-state index is 4.45. The van der Waals surface area contributed by atoms with E-state index in [-0.39, 0.29) is 0 Å². The molecule has 0 amide bonds. The maximum absolute atomic E-state index is 4.45. The van der Waals surface area contributed by atoms with Crippen LogP contribution < -0.4 is 10.2 Å². The molecule has 0 bridgehead atoms. The van der Waals surface area contributed by atoms with Crippen molar-refractivity contribution in [2.45, 2.75) is 19.3 Å². The average molecular weight is 317 g/mol. The molecule has 0 spiro atoms. The van der Waals surface area contributed by atoms with E-state index in [4.69, 9.17) is 0 Å². The van der Waals surface area contributed by atoms with Crippen LogP contribution in [0.25, 0.3) is 5.65 Å². The number of nitrogens with one attached hydrogen (secondary N) is 1. The Bertz CT molecular complexity index is 628. The van der Waals surface area contributed by atoms with Gasteiger partial charge in [0.2, 0.25) is 0 Å². The Hall–Kier alpha value is -1.27. The lowest BCUT2D eigenvalue weighted by atomic mass is 9.98. The Kier molecular flexibility index (Phi) is 4.21. The van der Waals surface area contributed by atoms with Crippen molar-refractivity contribution in [3.05, 3.63) is 24.2 Å². The summed E-state index contributed by atoms with van der Waals surface area (Å²) in [5.41, 5.74) is 2.25. The summed E-state index contributed by atoms with van der Waals surface area (Å²) >= 11 is 2.08. The van der Waals surface area contributed by atoms with Crippen LogP contribution >= 0.6 is 11.8 Å². The minimum atomic E-state index is 0.779. The third-order valence-electron chi connectivity index (χ3n) is 4.76. The Morgan fingerprint density at radius 1 is 1.18 bits per heavy atom. The highest BCUT2D eigenvalue weighted by atomic mass is 32.2. The summed E-state index contributed by atoms with van der Waals surface area (Å²) in [6.45, 7) is 4.25. The van der Waals surface area contributed by atoms with Crippen molar-refractivity contribution in [3.8, 4) is 0 Å². The summed E-state index contributed by atoms with van der Waals surface area (Å²) < 4.78 is 2.17. The second-order valence-electron chi connectivity index (χ2n) is 6.23. The zero-order valence-corrected chi connectivity index (χ0v) is 13.7. The molecule has 2 aliphatic rings. The second-order valence-corrected chi connectivity index (χ2v) is 7.45. The summed E-state index contributed by atoms with van der Waals surface area (Å²) in [7, 11) is 0. The fourth-order valence-corrected chi connectivity index (χ4v) is 4.60. The summed E-state index contributed by atoms with van der Waals surface area (Å²) in [5.74, 6) is 4.50. The van der Waals surface area contributed by atoms with Gasteiger partial charge < -0.3 is 10.2 Å². The van der Waals surface area contributed by atoms with Gasteiger partial charge in [0.25, 0.3) is 0 Å². The highest BCUT2D eigenvalue weighted by Crippen LogP contribution is 2.26. The van der Waals surface area contributed by atoms with Crippen LogP contribution in [0.5, 0.6) is 0 Å². The van der Waals surface area contributed by atoms with Gasteiger partial charge in [0.1, 0.15) is 5.82 Å². The normalized spacial score (nSPS) is 20.6. The summed E-state index contributed by atoms with van der Waals surface area (Å²) in [4.78, 5) is 2.42. The Labute approximate surface area is 135 Å². The lowest BCUT2D eigenvalue weighted by Gasteiger charge is -2.29. The van der Waals surface area contributed by atoms with E-state index >= 15 is 0 Å². The van der Waals surface area contributed by atoms with Crippen molar-refractivity contribution in [2.24, 2.45) is 5.92 Å². The van der Waals surface area contributed by atoms with Crippen molar-refractivity contribution in [3.63, 3.8) is 0 Å². The fourth-order valence-electron chi connectivity index (χ4n) is 3.40. The summed E-state index contributed by atoms with van der Waals surface area (Å²) in [5, 5.41) is 12.3. The van der Waals surface area contributed by atoms with E-state index in [2.05, 4.69) is 54.9 Å². The average Bonchev–Trinajstić information content (AvgIpc) is 2.99. The number of pyridine rings is 1. The molecule has 1 N–H and O–H groups in total. The highest BCUT2D eigenvalue weighted by Gasteiger charge is 2.18. The van der Waals surface area contributed by atoms with Crippen LogP contribution in [-0.4, -0.2) is 52.3 Å². The Morgan fingerprint density at radius 2 is 2.00 bits per heavy atom. The molecular formula is C16H23N5S. The minimum absolute atomic E-state index is 0.779. The van der Waals surface area contributed by atoms with Gasteiger partial charge in [0.05, 0.1) is 0 Å². The molecule has 4 rings (SSSR count). The molecular weight excluding hydrogens is 294 g/mol. The number of hydrogen-bond acceptors (Lipinski definition) is 5. The number of piperazine rings is 1. The van der Waals surface area contributed by atoms with Crippen LogP contribution in [0.3, 0.4) is 0 Å². The van der Waals surface area contributed by atoms with Crippen LogP contribution in [0, 0.1) is 5.92 Å². The smallest absolute Gasteiger partial charge is 0.162 e. The molecule has 0 radical (unpaired) electrons. The van der Waals surface area contributed by atoms with Gasteiger partial charge in [-0.25, -0.2) is 0 Å². The summed E-state index contributed by atoms with van der Waals surface area (Å²) in [6, 6.07) is 4.39. The monoisotopic (exact) mass is 317 g/mol. The van der Waals surface area contributed by atoms with E-state index in [0.717, 1.165) is 50.0 Å². The zero-order chi connectivity index (χ0) is 14.8. The molecule has 0 atom stereocenters. The van der Waals surface area contributed by atoms with Gasteiger partial charge in [0, 0.05) is 50.6 Å². The standard InChI is InChI=1S/C16H23N5S/c1-6-21-15(11-13-2-9-22-10-3-13)18-19-16(21)12-14(1)20-7-4-17-5-8-20/h1,6,12-13,17H,2-5,7-11H2. The minimum Gasteiger partial charge on any atom is -0.369 e. The molecule has 0 aliphatic carbocycles. The van der Waals surface area contributed by atoms with Gasteiger partial charge in [-0.3, -0.25) is 4.40 Å². The molecule has 2 aliphatic heterocycles. The largest absolute Gasteiger partial charge is 0.369 e. The predicted octanol–water partition coefficient (Wildman–Crippen LogP) is 1.82. The number of aromatic nitrogens is 3. The topological polar surface area (TPSA) is 45.5 Å². The molecule has 2 fully saturated rings. The number of hydrogen-bond donors (Lipinski definition) is 1. The molecule has 0 aromatic carbocycles. The molecule has 118 valence electrons. The van der Waals surface area contributed by atoms with Crippen molar-refractivity contribution in [1.29, 1.82) is 0 Å². The van der Waals surface area contributed by atoms with E-state index < -0.39 is 0 Å². The molecule has 0 unspecified atom stereocenters. The SMILES string of the molecule is c1cn2c(CC3CCSCC3)nnc2cc1N1CCNCC1. The first-order valence-corrected chi connectivity index (χ1v) is 9.43. The third kappa shape index (κ3) is 2.94. The van der Waals surface area contributed by atoms with Crippen LogP contribution in [0.15, 0.2) is 18.3 Å². The van der Waals surface area contributed by atoms with Gasteiger partial charge in [-0.2, -0.15) is 11.8 Å². The molecule has 4 heterocycles. The molecule has 2 aromatic heterocycles.